The maximum absolute atomic E-state index is 10.9. The summed E-state index contributed by atoms with van der Waals surface area (Å²) in [5.41, 5.74) is 0.517. The van der Waals surface area contributed by atoms with Gasteiger partial charge in [-0.05, 0) is 34.7 Å². The number of halogens is 1. The van der Waals surface area contributed by atoms with Crippen LogP contribution in [0.2, 0.25) is 0 Å². The van der Waals surface area contributed by atoms with Crippen LogP contribution in [0.5, 0.6) is 0 Å². The summed E-state index contributed by atoms with van der Waals surface area (Å²) in [6.07, 6.45) is 1.39. The van der Waals surface area contributed by atoms with Gasteiger partial charge in [-0.25, -0.2) is 4.98 Å². The van der Waals surface area contributed by atoms with E-state index in [0.29, 0.717) is 18.1 Å². The number of benzene rings is 1. The Hall–Kier alpha value is -1.71. The van der Waals surface area contributed by atoms with E-state index in [1.165, 1.54) is 12.4 Å². The van der Waals surface area contributed by atoms with Crippen molar-refractivity contribution in [3.05, 3.63) is 44.0 Å². The summed E-state index contributed by atoms with van der Waals surface area (Å²) < 4.78 is 0.819. The van der Waals surface area contributed by atoms with Gasteiger partial charge in [0.1, 0.15) is 17.8 Å². The minimum Gasteiger partial charge on any atom is -0.372 e. The number of aromatic nitrogens is 3. The zero-order valence-corrected chi connectivity index (χ0v) is 10.7. The van der Waals surface area contributed by atoms with Crippen LogP contribution >= 0.6 is 22.6 Å². The van der Waals surface area contributed by atoms with E-state index < -0.39 is 4.92 Å². The van der Waals surface area contributed by atoms with Crippen LogP contribution in [-0.2, 0) is 6.54 Å². The first-order valence-corrected chi connectivity index (χ1v) is 5.77. The lowest BCUT2D eigenvalue weighted by molar-refractivity contribution is -0.384. The number of nitrogens with one attached hydrogen (secondary N) is 2. The fourth-order valence-corrected chi connectivity index (χ4v) is 1.78. The van der Waals surface area contributed by atoms with Crippen LogP contribution in [-0.4, -0.2) is 20.1 Å². The summed E-state index contributed by atoms with van der Waals surface area (Å²) in [5.74, 6) is 0.623. The van der Waals surface area contributed by atoms with Crippen LogP contribution in [0.25, 0.3) is 0 Å². The van der Waals surface area contributed by atoms with Crippen LogP contribution in [0.1, 0.15) is 5.82 Å². The third kappa shape index (κ3) is 2.90. The van der Waals surface area contributed by atoms with Crippen molar-refractivity contribution in [2.45, 2.75) is 6.54 Å². The van der Waals surface area contributed by atoms with Crippen molar-refractivity contribution in [3.63, 3.8) is 0 Å². The Bertz CT molecular complexity index is 528. The molecule has 0 spiro atoms. The Balaban J connectivity index is 2.17. The summed E-state index contributed by atoms with van der Waals surface area (Å²) in [5, 5.41) is 20.2. The zero-order chi connectivity index (χ0) is 12.3. The lowest BCUT2D eigenvalue weighted by Gasteiger charge is -2.05. The SMILES string of the molecule is O=[N+]([O-])c1cc(I)ccc1NCc1ncn[nH]1. The Morgan fingerprint density at radius 2 is 2.35 bits per heavy atom. The van der Waals surface area contributed by atoms with Gasteiger partial charge in [0.05, 0.1) is 11.5 Å². The Morgan fingerprint density at radius 1 is 1.53 bits per heavy atom. The second kappa shape index (κ2) is 5.08. The molecule has 17 heavy (non-hydrogen) atoms. The number of nitrogens with zero attached hydrogens (tertiary/aromatic N) is 3. The molecule has 0 fully saturated rings. The molecule has 0 aliphatic heterocycles. The summed E-state index contributed by atoms with van der Waals surface area (Å²) in [7, 11) is 0. The molecule has 0 saturated carbocycles. The minimum atomic E-state index is -0.412. The molecule has 88 valence electrons. The first-order chi connectivity index (χ1) is 8.16. The van der Waals surface area contributed by atoms with E-state index >= 15 is 0 Å². The second-order valence-corrected chi connectivity index (χ2v) is 4.45. The molecule has 1 aromatic heterocycles. The van der Waals surface area contributed by atoms with Crippen LogP contribution < -0.4 is 5.32 Å². The zero-order valence-electron chi connectivity index (χ0n) is 8.55. The Kier molecular flexibility index (Phi) is 3.52. The van der Waals surface area contributed by atoms with E-state index in [2.05, 4.69) is 20.5 Å². The average molecular weight is 345 g/mol. The predicted octanol–water partition coefficient (Wildman–Crippen LogP) is 1.93. The van der Waals surface area contributed by atoms with E-state index in [-0.39, 0.29) is 5.69 Å². The molecule has 7 nitrogen and oxygen atoms in total. The molecule has 0 aliphatic carbocycles. The molecule has 2 aromatic rings. The molecule has 2 N–H and O–H groups in total. The highest BCUT2D eigenvalue weighted by atomic mass is 127. The third-order valence-electron chi connectivity index (χ3n) is 2.07. The highest BCUT2D eigenvalue weighted by Gasteiger charge is 2.13. The predicted molar refractivity (Wildman–Crippen MR) is 69.5 cm³/mol. The lowest BCUT2D eigenvalue weighted by atomic mass is 10.2. The fraction of sp³-hybridized carbons (Fsp3) is 0.111. The fourth-order valence-electron chi connectivity index (χ4n) is 1.30. The summed E-state index contributed by atoms with van der Waals surface area (Å²) in [4.78, 5) is 14.4. The largest absolute Gasteiger partial charge is 0.372 e. The van der Waals surface area contributed by atoms with Crippen molar-refractivity contribution >= 4 is 34.0 Å². The molecule has 0 radical (unpaired) electrons. The van der Waals surface area contributed by atoms with Crippen LogP contribution in [0.4, 0.5) is 11.4 Å². The number of nitro benzene ring substituents is 1. The van der Waals surface area contributed by atoms with Gasteiger partial charge in [-0.3, -0.25) is 15.2 Å². The monoisotopic (exact) mass is 345 g/mol. The van der Waals surface area contributed by atoms with Gasteiger partial charge in [0.2, 0.25) is 0 Å². The van der Waals surface area contributed by atoms with E-state index in [0.717, 1.165) is 3.57 Å². The molecule has 0 bridgehead atoms. The first kappa shape index (κ1) is 11.8. The number of hydrogen-bond acceptors (Lipinski definition) is 5. The lowest BCUT2D eigenvalue weighted by Crippen LogP contribution is -2.04. The van der Waals surface area contributed by atoms with Gasteiger partial charge in [-0.1, -0.05) is 0 Å². The molecule has 8 heteroatoms. The number of rotatable bonds is 4. The van der Waals surface area contributed by atoms with Gasteiger partial charge in [0.15, 0.2) is 0 Å². The van der Waals surface area contributed by atoms with Gasteiger partial charge in [0.25, 0.3) is 5.69 Å². The highest BCUT2D eigenvalue weighted by molar-refractivity contribution is 14.1. The number of H-pyrrole nitrogens is 1. The maximum atomic E-state index is 10.9. The molecule has 0 unspecified atom stereocenters. The van der Waals surface area contributed by atoms with Crippen molar-refractivity contribution < 1.29 is 4.92 Å². The van der Waals surface area contributed by atoms with Crippen molar-refractivity contribution in [1.29, 1.82) is 0 Å². The number of hydrogen-bond donors (Lipinski definition) is 2. The van der Waals surface area contributed by atoms with Crippen molar-refractivity contribution in [2.75, 3.05) is 5.32 Å². The molecule has 1 heterocycles. The van der Waals surface area contributed by atoms with E-state index in [4.69, 9.17) is 0 Å². The molecule has 1 aromatic carbocycles. The maximum Gasteiger partial charge on any atom is 0.293 e. The number of nitro groups is 1. The van der Waals surface area contributed by atoms with Gasteiger partial charge < -0.3 is 5.32 Å². The molecular weight excluding hydrogens is 337 g/mol. The average Bonchev–Trinajstić information content (AvgIpc) is 2.80. The number of anilines is 1. The van der Waals surface area contributed by atoms with Crippen molar-refractivity contribution in [1.82, 2.24) is 15.2 Å². The van der Waals surface area contributed by atoms with E-state index in [1.54, 1.807) is 12.1 Å². The molecule has 0 saturated heterocycles. The number of aromatic amines is 1. The Morgan fingerprint density at radius 3 is 3.00 bits per heavy atom. The topological polar surface area (TPSA) is 96.7 Å². The van der Waals surface area contributed by atoms with Gasteiger partial charge >= 0.3 is 0 Å². The highest BCUT2D eigenvalue weighted by Crippen LogP contribution is 2.26. The van der Waals surface area contributed by atoms with Crippen LogP contribution in [0.3, 0.4) is 0 Å². The minimum absolute atomic E-state index is 0.0522. The van der Waals surface area contributed by atoms with Crippen LogP contribution in [0, 0.1) is 13.7 Å². The third-order valence-corrected chi connectivity index (χ3v) is 2.74. The summed E-state index contributed by atoms with van der Waals surface area (Å²) in [6.45, 7) is 0.363. The van der Waals surface area contributed by atoms with Crippen molar-refractivity contribution in [2.24, 2.45) is 0 Å². The smallest absolute Gasteiger partial charge is 0.293 e. The second-order valence-electron chi connectivity index (χ2n) is 3.20. The molecule has 0 amide bonds. The van der Waals surface area contributed by atoms with Crippen molar-refractivity contribution in [3.8, 4) is 0 Å². The normalized spacial score (nSPS) is 10.2. The van der Waals surface area contributed by atoms with Gasteiger partial charge in [0, 0.05) is 9.64 Å². The summed E-state index contributed by atoms with van der Waals surface area (Å²) >= 11 is 2.03. The van der Waals surface area contributed by atoms with E-state index in [9.17, 15) is 10.1 Å². The first-order valence-electron chi connectivity index (χ1n) is 4.69. The quantitative estimate of drug-likeness (QED) is 0.501. The molecule has 0 atom stereocenters. The van der Waals surface area contributed by atoms with E-state index in [1.807, 2.05) is 22.6 Å². The van der Waals surface area contributed by atoms with Crippen LogP contribution in [0.15, 0.2) is 24.5 Å². The standard InChI is InChI=1S/C9H8IN5O2/c10-6-1-2-7(8(3-6)15(16)17)11-4-9-12-5-13-14-9/h1-3,5,11H,4H2,(H,12,13,14). The van der Waals surface area contributed by atoms with Gasteiger partial charge in [-0.2, -0.15) is 5.10 Å². The molecule has 0 aliphatic rings. The molecular formula is C9H8IN5O2. The van der Waals surface area contributed by atoms with Gasteiger partial charge in [-0.15, -0.1) is 0 Å². The summed E-state index contributed by atoms with van der Waals surface area (Å²) in [6, 6.07) is 5.00. The molecule has 2 rings (SSSR count). The Labute approximate surface area is 110 Å².